The molecule has 7 heteroatoms. The molecule has 3 aromatic carbocycles. The van der Waals surface area contributed by atoms with Crippen molar-refractivity contribution in [2.75, 3.05) is 0 Å². The first-order valence-electron chi connectivity index (χ1n) is 9.99. The molecule has 7 nitrogen and oxygen atoms in total. The van der Waals surface area contributed by atoms with E-state index in [0.717, 1.165) is 10.4 Å². The van der Waals surface area contributed by atoms with Gasteiger partial charge < -0.3 is 4.98 Å². The summed E-state index contributed by atoms with van der Waals surface area (Å²) in [6.45, 7) is 0.0370. The first-order chi connectivity index (χ1) is 15.6. The highest BCUT2D eigenvalue weighted by Gasteiger charge is 2.35. The Morgan fingerprint density at radius 3 is 2.34 bits per heavy atom. The van der Waals surface area contributed by atoms with Crippen LogP contribution in [0.15, 0.2) is 72.8 Å². The van der Waals surface area contributed by atoms with Crippen molar-refractivity contribution in [1.82, 2.24) is 14.9 Å². The number of para-hydroxylation sites is 2. The standard InChI is InChI=1S/C25H16N4O3/c26-13-19(23-27-20-10-3-4-11-21(20)28-23)22(30)16-7-5-6-15(12-16)14-29-24(31)17-8-1-2-9-18(17)25(29)32/h1-12,19H,14H2,(H,27,28). The number of imide groups is 1. The van der Waals surface area contributed by atoms with Crippen LogP contribution in [0.1, 0.15) is 48.4 Å². The zero-order chi connectivity index (χ0) is 22.2. The number of nitriles is 1. The molecule has 5 rings (SSSR count). The summed E-state index contributed by atoms with van der Waals surface area (Å²) < 4.78 is 0. The van der Waals surface area contributed by atoms with Gasteiger partial charge in [-0.2, -0.15) is 5.26 Å². The molecule has 0 saturated heterocycles. The van der Waals surface area contributed by atoms with Gasteiger partial charge in [-0.15, -0.1) is 0 Å². The summed E-state index contributed by atoms with van der Waals surface area (Å²) in [6.07, 6.45) is 0. The number of ketones is 1. The number of aromatic nitrogens is 2. The van der Waals surface area contributed by atoms with E-state index in [-0.39, 0.29) is 24.2 Å². The quantitative estimate of drug-likeness (QED) is 0.390. The second-order valence-corrected chi connectivity index (χ2v) is 7.51. The molecule has 1 N–H and O–H groups in total. The minimum atomic E-state index is -1.10. The van der Waals surface area contributed by atoms with Crippen LogP contribution in [0.4, 0.5) is 0 Å². The second kappa shape index (κ2) is 7.60. The summed E-state index contributed by atoms with van der Waals surface area (Å²) >= 11 is 0. The molecule has 1 atom stereocenters. The summed E-state index contributed by atoms with van der Waals surface area (Å²) in [5.74, 6) is -1.95. The number of hydrogen-bond donors (Lipinski definition) is 1. The van der Waals surface area contributed by atoms with E-state index in [1.165, 1.54) is 0 Å². The summed E-state index contributed by atoms with van der Waals surface area (Å²) in [7, 11) is 0. The largest absolute Gasteiger partial charge is 0.340 e. The molecule has 1 aliphatic heterocycles. The molecule has 2 heterocycles. The molecule has 2 amide bonds. The number of fused-ring (bicyclic) bond motifs is 2. The first-order valence-corrected chi connectivity index (χ1v) is 9.99. The number of carbonyl (C=O) groups is 3. The minimum absolute atomic E-state index is 0.0370. The fourth-order valence-corrected chi connectivity index (χ4v) is 3.91. The van der Waals surface area contributed by atoms with Crippen LogP contribution in [0, 0.1) is 11.3 Å². The Kier molecular flexibility index (Phi) is 4.61. The van der Waals surface area contributed by atoms with Gasteiger partial charge in [-0.3, -0.25) is 19.3 Å². The maximum atomic E-state index is 13.1. The molecule has 1 aromatic heterocycles. The van der Waals surface area contributed by atoms with Gasteiger partial charge in [0.25, 0.3) is 11.8 Å². The monoisotopic (exact) mass is 420 g/mol. The van der Waals surface area contributed by atoms with Gasteiger partial charge in [-0.25, -0.2) is 4.98 Å². The fourth-order valence-electron chi connectivity index (χ4n) is 3.91. The third kappa shape index (κ3) is 3.15. The van der Waals surface area contributed by atoms with Crippen LogP contribution in [0.5, 0.6) is 0 Å². The number of rotatable bonds is 5. The zero-order valence-electron chi connectivity index (χ0n) is 16.8. The van der Waals surface area contributed by atoms with Gasteiger partial charge in [0.05, 0.1) is 34.8 Å². The van der Waals surface area contributed by atoms with Crippen molar-refractivity contribution in [3.05, 3.63) is 101 Å². The van der Waals surface area contributed by atoms with E-state index in [2.05, 4.69) is 9.97 Å². The van der Waals surface area contributed by atoms with E-state index in [1.54, 1.807) is 54.6 Å². The van der Waals surface area contributed by atoms with Crippen LogP contribution >= 0.6 is 0 Å². The van der Waals surface area contributed by atoms with Gasteiger partial charge in [-0.1, -0.05) is 42.5 Å². The van der Waals surface area contributed by atoms with Crippen molar-refractivity contribution in [3.8, 4) is 6.07 Å². The number of Topliss-reactive ketones (excluding diaryl/α,β-unsaturated/α-hetero) is 1. The molecule has 0 saturated carbocycles. The van der Waals surface area contributed by atoms with Crippen molar-refractivity contribution in [2.45, 2.75) is 12.5 Å². The summed E-state index contributed by atoms with van der Waals surface area (Å²) in [5.41, 5.74) is 3.10. The Bertz CT molecular complexity index is 1380. The number of carbonyl (C=O) groups excluding carboxylic acids is 3. The summed E-state index contributed by atoms with van der Waals surface area (Å²) in [6, 6.07) is 22.7. The van der Waals surface area contributed by atoms with Crippen LogP contribution in [0.25, 0.3) is 11.0 Å². The number of aromatic amines is 1. The van der Waals surface area contributed by atoms with Gasteiger partial charge in [-0.05, 0) is 35.9 Å². The molecule has 154 valence electrons. The van der Waals surface area contributed by atoms with Crippen LogP contribution in [0.2, 0.25) is 0 Å². The van der Waals surface area contributed by atoms with Gasteiger partial charge >= 0.3 is 0 Å². The third-order valence-electron chi connectivity index (χ3n) is 5.50. The van der Waals surface area contributed by atoms with Gasteiger partial charge in [0.1, 0.15) is 5.82 Å². The maximum absolute atomic E-state index is 13.1. The van der Waals surface area contributed by atoms with Crippen LogP contribution in [-0.2, 0) is 6.54 Å². The van der Waals surface area contributed by atoms with E-state index in [0.29, 0.717) is 27.8 Å². The van der Waals surface area contributed by atoms with Crippen LogP contribution in [-0.4, -0.2) is 32.5 Å². The Balaban J connectivity index is 1.41. The number of imidazole rings is 1. The molecule has 0 bridgehead atoms. The lowest BCUT2D eigenvalue weighted by molar-refractivity contribution is 0.0642. The SMILES string of the molecule is N#CC(C(=O)c1cccc(CN2C(=O)c3ccccc3C2=O)c1)c1nc2ccccc2[nH]1. The zero-order valence-corrected chi connectivity index (χ0v) is 16.8. The number of amides is 2. The van der Waals surface area contributed by atoms with Crippen molar-refractivity contribution in [3.63, 3.8) is 0 Å². The first kappa shape index (κ1) is 19.4. The number of hydrogen-bond acceptors (Lipinski definition) is 5. The van der Waals surface area contributed by atoms with E-state index in [4.69, 9.17) is 0 Å². The van der Waals surface area contributed by atoms with Crippen molar-refractivity contribution in [1.29, 1.82) is 5.26 Å². The predicted octanol–water partition coefficient (Wildman–Crippen LogP) is 3.85. The molecule has 1 aliphatic rings. The number of H-pyrrole nitrogens is 1. The maximum Gasteiger partial charge on any atom is 0.261 e. The molecular formula is C25H16N4O3. The predicted molar refractivity (Wildman–Crippen MR) is 116 cm³/mol. The Labute approximate surface area is 182 Å². The number of nitrogens with one attached hydrogen (secondary N) is 1. The highest BCUT2D eigenvalue weighted by Crippen LogP contribution is 2.26. The minimum Gasteiger partial charge on any atom is -0.340 e. The van der Waals surface area contributed by atoms with E-state index < -0.39 is 11.7 Å². The van der Waals surface area contributed by atoms with Crippen molar-refractivity contribution < 1.29 is 14.4 Å². The molecule has 0 spiro atoms. The van der Waals surface area contributed by atoms with Gasteiger partial charge in [0.2, 0.25) is 0 Å². The molecule has 0 aliphatic carbocycles. The van der Waals surface area contributed by atoms with Crippen molar-refractivity contribution in [2.24, 2.45) is 0 Å². The lowest BCUT2D eigenvalue weighted by Crippen LogP contribution is -2.29. The van der Waals surface area contributed by atoms with Gasteiger partial charge in [0.15, 0.2) is 11.7 Å². The van der Waals surface area contributed by atoms with Crippen LogP contribution < -0.4 is 0 Å². The second-order valence-electron chi connectivity index (χ2n) is 7.51. The molecule has 0 radical (unpaired) electrons. The Morgan fingerprint density at radius 1 is 0.969 bits per heavy atom. The molecule has 0 fully saturated rings. The normalized spacial score (nSPS) is 13.8. The number of nitrogens with zero attached hydrogens (tertiary/aromatic N) is 3. The Morgan fingerprint density at radius 2 is 1.66 bits per heavy atom. The number of benzene rings is 3. The topological polar surface area (TPSA) is 107 Å². The van der Waals surface area contributed by atoms with Gasteiger partial charge in [0, 0.05) is 5.56 Å². The lowest BCUT2D eigenvalue weighted by atomic mass is 9.96. The molecule has 4 aromatic rings. The molecular weight excluding hydrogens is 404 g/mol. The lowest BCUT2D eigenvalue weighted by Gasteiger charge is -2.15. The molecule has 32 heavy (non-hydrogen) atoms. The van der Waals surface area contributed by atoms with E-state index in [1.807, 2.05) is 24.3 Å². The average molecular weight is 420 g/mol. The highest BCUT2D eigenvalue weighted by molar-refractivity contribution is 6.21. The highest BCUT2D eigenvalue weighted by atomic mass is 16.2. The van der Waals surface area contributed by atoms with Crippen molar-refractivity contribution >= 4 is 28.6 Å². The smallest absolute Gasteiger partial charge is 0.261 e. The third-order valence-corrected chi connectivity index (χ3v) is 5.50. The summed E-state index contributed by atoms with van der Waals surface area (Å²) in [5, 5.41) is 9.68. The summed E-state index contributed by atoms with van der Waals surface area (Å²) in [4.78, 5) is 47.0. The van der Waals surface area contributed by atoms with Crippen LogP contribution in [0.3, 0.4) is 0 Å². The average Bonchev–Trinajstić information content (AvgIpc) is 3.35. The van der Waals surface area contributed by atoms with E-state index >= 15 is 0 Å². The fraction of sp³-hybridized carbons (Fsp3) is 0.0800. The molecule has 1 unspecified atom stereocenters. The van der Waals surface area contributed by atoms with E-state index in [9.17, 15) is 19.6 Å². The Hall–Kier alpha value is -4.57.